The van der Waals surface area contributed by atoms with Crippen LogP contribution in [-0.2, 0) is 19.6 Å². The number of amides is 2. The highest BCUT2D eigenvalue weighted by molar-refractivity contribution is 7.89. The van der Waals surface area contributed by atoms with Crippen LogP contribution in [0, 0.1) is 66.6 Å². The third-order valence-electron chi connectivity index (χ3n) is 16.9. The molecule has 3 N–H and O–H groups in total. The van der Waals surface area contributed by atoms with E-state index >= 15 is 0 Å². The zero-order valence-electron chi connectivity index (χ0n) is 41.3. The number of non-ortho nitro benzene ring substituents is 1. The lowest BCUT2D eigenvalue weighted by Crippen LogP contribution is -2.53. The van der Waals surface area contributed by atoms with Gasteiger partial charge in [-0.25, -0.2) is 13.0 Å². The van der Waals surface area contributed by atoms with Crippen molar-refractivity contribution in [1.29, 1.82) is 0 Å². The molecule has 3 aromatic rings. The molecule has 17 nitrogen and oxygen atoms in total. The van der Waals surface area contributed by atoms with Crippen molar-refractivity contribution in [2.24, 2.45) is 46.3 Å². The van der Waals surface area contributed by atoms with Crippen LogP contribution in [0.5, 0.6) is 0 Å². The maximum absolute atomic E-state index is 14.6. The Hall–Kier alpha value is -4.97. The Morgan fingerprint density at radius 2 is 1.55 bits per heavy atom. The second-order valence-corrected chi connectivity index (χ2v) is 23.3. The van der Waals surface area contributed by atoms with Gasteiger partial charge in [0.2, 0.25) is 27.4 Å². The Bertz CT molecular complexity index is 2460. The van der Waals surface area contributed by atoms with Crippen molar-refractivity contribution < 1.29 is 32.5 Å². The zero-order chi connectivity index (χ0) is 49.5. The molecular formula is C51H74N8O9S. The first kappa shape index (κ1) is 51.9. The number of rotatable bonds is 24. The lowest BCUT2D eigenvalue weighted by Gasteiger charge is -2.59. The Balaban J connectivity index is 0.893. The Labute approximate surface area is 407 Å². The van der Waals surface area contributed by atoms with Crippen LogP contribution in [0.25, 0.3) is 11.0 Å². The van der Waals surface area contributed by atoms with Crippen molar-refractivity contribution in [3.63, 3.8) is 0 Å². The van der Waals surface area contributed by atoms with E-state index < -0.39 is 25.6 Å². The molecule has 0 spiro atoms. The number of sulfonamides is 1. The molecule has 0 unspecified atom stereocenters. The first-order valence-electron chi connectivity index (χ1n) is 25.6. The molecule has 2 amide bonds. The average molecular weight is 975 g/mol. The topological polar surface area (TPSA) is 233 Å². The number of para-hydroxylation sites is 1. The Kier molecular flexibility index (Phi) is 16.8. The number of fused-ring (bicyclic) bond motifs is 6. The van der Waals surface area contributed by atoms with Gasteiger partial charge < -0.3 is 16.0 Å². The van der Waals surface area contributed by atoms with E-state index in [1.165, 1.54) is 85.2 Å². The van der Waals surface area contributed by atoms with Crippen LogP contribution < -0.4 is 16.0 Å². The minimum Gasteiger partial charge on any atom is -0.383 e. The highest BCUT2D eigenvalue weighted by Crippen LogP contribution is 2.67. The van der Waals surface area contributed by atoms with E-state index in [0.29, 0.717) is 61.1 Å². The van der Waals surface area contributed by atoms with Crippen molar-refractivity contribution >= 4 is 49.9 Å². The predicted octanol–water partition coefficient (Wildman–Crippen LogP) is 10.1. The molecule has 69 heavy (non-hydrogen) atoms. The molecule has 2 aromatic carbocycles. The maximum atomic E-state index is 14.6. The van der Waals surface area contributed by atoms with Crippen molar-refractivity contribution in [2.75, 3.05) is 31.5 Å². The number of unbranched alkanes of at least 4 members (excludes halogenated alkanes) is 2. The number of hydrogen-bond acceptors (Lipinski definition) is 12. The molecule has 0 aliphatic heterocycles. The van der Waals surface area contributed by atoms with Crippen LogP contribution in [0.15, 0.2) is 57.6 Å². The van der Waals surface area contributed by atoms with Crippen LogP contribution >= 0.6 is 0 Å². The van der Waals surface area contributed by atoms with Crippen LogP contribution in [0.1, 0.15) is 144 Å². The van der Waals surface area contributed by atoms with Gasteiger partial charge in [-0.1, -0.05) is 84.1 Å². The molecule has 3 saturated carbocycles. The number of benzene rings is 2. The molecular weight excluding hydrogens is 901 g/mol. The summed E-state index contributed by atoms with van der Waals surface area (Å²) >= 11 is 0. The fourth-order valence-corrected chi connectivity index (χ4v) is 15.1. The number of nitro groups is 2. The summed E-state index contributed by atoms with van der Waals surface area (Å²) in [4.78, 5) is 47.2. The number of aromatic nitrogens is 2. The maximum Gasteiger partial charge on any atom is 0.300 e. The van der Waals surface area contributed by atoms with Gasteiger partial charge in [-0.2, -0.15) is 4.31 Å². The summed E-state index contributed by atoms with van der Waals surface area (Å²) in [5, 5.41) is 39.6. The molecule has 378 valence electrons. The van der Waals surface area contributed by atoms with Crippen molar-refractivity contribution in [3.05, 3.63) is 68.3 Å². The first-order chi connectivity index (χ1) is 33.0. The Morgan fingerprint density at radius 3 is 2.32 bits per heavy atom. The standard InChI is InChI=1S/C51H74N8O9S/c1-34(2)13-11-14-35(3)39-20-21-40-38-19-18-36-33-37(24-27-50(36,4)41(38)25-28-51(39,40)5)57(69(66,67)45-16-9-8-15-43(45)58(62)63)32-12-30-53-47(61)26-31-54-46(60)17-7-6-10-29-52-42-22-23-44(59(64)65)49-48(42)55-68-56-49/h8-9,15-16,18,22-23,34-35,37-41,52H,6-7,10-14,17,19-21,24-33H2,1-5H3,(H,53,61)(H,54,60)/t35-,37+,38+,39-,40+,41+,50+,51-/m1/s1. The van der Waals surface area contributed by atoms with Crippen molar-refractivity contribution in [2.45, 2.75) is 155 Å². The van der Waals surface area contributed by atoms with E-state index in [1.807, 2.05) is 0 Å². The van der Waals surface area contributed by atoms with Gasteiger partial charge in [0.05, 0.1) is 15.5 Å². The summed E-state index contributed by atoms with van der Waals surface area (Å²) in [6.07, 6.45) is 17.4. The molecule has 8 atom stereocenters. The van der Waals surface area contributed by atoms with Gasteiger partial charge in [-0.15, -0.1) is 0 Å². The quantitative estimate of drug-likeness (QED) is 0.0329. The van der Waals surface area contributed by atoms with Gasteiger partial charge in [-0.3, -0.25) is 29.8 Å². The number of hydrogen-bond donors (Lipinski definition) is 3. The SMILES string of the molecule is CC(C)CCC[C@@H](C)[C@H]1CC[C@H]2[C@@H]3CC=C4C[C@@H](N(CCCNC(=O)CCNC(=O)CCCCCNc5ccc([N+](=O)[O-])c6nonc56)S(=O)(=O)c5ccccc5[N+](=O)[O-])CC[C@]4(C)[C@H]3CC[C@]12C. The third-order valence-corrected chi connectivity index (χ3v) is 18.9. The summed E-state index contributed by atoms with van der Waals surface area (Å²) in [5.74, 6) is 3.71. The molecule has 18 heteroatoms. The largest absolute Gasteiger partial charge is 0.383 e. The summed E-state index contributed by atoms with van der Waals surface area (Å²) in [6, 6.07) is 8.10. The molecule has 4 aliphatic rings. The number of carbonyl (C=O) groups is 2. The molecule has 3 fully saturated rings. The van der Waals surface area contributed by atoms with Crippen LogP contribution in [0.4, 0.5) is 17.1 Å². The van der Waals surface area contributed by atoms with Gasteiger partial charge >= 0.3 is 5.69 Å². The van der Waals surface area contributed by atoms with Crippen LogP contribution in [0.2, 0.25) is 0 Å². The van der Waals surface area contributed by atoms with E-state index in [2.05, 4.69) is 67.0 Å². The summed E-state index contributed by atoms with van der Waals surface area (Å²) < 4.78 is 35.4. The second-order valence-electron chi connectivity index (χ2n) is 21.4. The molecule has 7 rings (SSSR count). The van der Waals surface area contributed by atoms with Crippen LogP contribution in [-0.4, -0.2) is 76.9 Å². The van der Waals surface area contributed by atoms with E-state index in [1.54, 1.807) is 6.07 Å². The fraction of sp³-hybridized carbons (Fsp3) is 0.686. The number of allylic oxidation sites excluding steroid dienone is 1. The first-order valence-corrected chi connectivity index (χ1v) is 27.0. The lowest BCUT2D eigenvalue weighted by molar-refractivity contribution is -0.387. The van der Waals surface area contributed by atoms with Crippen molar-refractivity contribution in [3.8, 4) is 0 Å². The highest BCUT2D eigenvalue weighted by atomic mass is 32.2. The summed E-state index contributed by atoms with van der Waals surface area (Å²) in [6.45, 7) is 13.2. The zero-order valence-corrected chi connectivity index (χ0v) is 42.1. The molecule has 0 saturated heterocycles. The number of nitro benzene ring substituents is 2. The van der Waals surface area contributed by atoms with Gasteiger partial charge in [0.25, 0.3) is 5.69 Å². The molecule has 4 aliphatic carbocycles. The van der Waals surface area contributed by atoms with Gasteiger partial charge in [0, 0.05) is 57.2 Å². The van der Waals surface area contributed by atoms with E-state index in [9.17, 15) is 38.2 Å². The monoisotopic (exact) mass is 975 g/mol. The lowest BCUT2D eigenvalue weighted by atomic mass is 9.47. The predicted molar refractivity (Wildman–Crippen MR) is 264 cm³/mol. The van der Waals surface area contributed by atoms with Gasteiger partial charge in [0.15, 0.2) is 10.4 Å². The molecule has 0 radical (unpaired) electrons. The van der Waals surface area contributed by atoms with Gasteiger partial charge in [-0.05, 0) is 139 Å². The highest BCUT2D eigenvalue weighted by Gasteiger charge is 2.59. The van der Waals surface area contributed by atoms with E-state index in [4.69, 9.17) is 4.63 Å². The molecule has 1 heterocycles. The smallest absolute Gasteiger partial charge is 0.300 e. The second kappa shape index (κ2) is 22.4. The summed E-state index contributed by atoms with van der Waals surface area (Å²) in [7, 11) is -4.29. The normalized spacial score (nSPS) is 25.9. The fourth-order valence-electron chi connectivity index (χ4n) is 13.3. The number of carbonyl (C=O) groups excluding carboxylic acids is 2. The van der Waals surface area contributed by atoms with Gasteiger partial charge in [0.1, 0.15) is 0 Å². The van der Waals surface area contributed by atoms with Crippen molar-refractivity contribution in [1.82, 2.24) is 25.3 Å². The van der Waals surface area contributed by atoms with E-state index in [-0.39, 0.29) is 77.4 Å². The minimum absolute atomic E-state index is 0.0134. The number of nitrogens with one attached hydrogen (secondary N) is 3. The summed E-state index contributed by atoms with van der Waals surface area (Å²) in [5.41, 5.74) is 1.98. The molecule has 1 aromatic heterocycles. The molecule has 0 bridgehead atoms. The number of anilines is 1. The Morgan fingerprint density at radius 1 is 0.812 bits per heavy atom. The average Bonchev–Trinajstić information content (AvgIpc) is 3.95. The third kappa shape index (κ3) is 11.5. The van der Waals surface area contributed by atoms with E-state index in [0.717, 1.165) is 43.4 Å². The number of nitrogens with zero attached hydrogens (tertiary/aromatic N) is 5. The minimum atomic E-state index is -4.29. The van der Waals surface area contributed by atoms with Crippen LogP contribution in [0.3, 0.4) is 0 Å².